The molecule has 7 nitrogen and oxygen atoms in total. The molecular weight excluding hydrogens is 539 g/mol. The first-order valence-corrected chi connectivity index (χ1v) is 13.7. The molecule has 0 unspecified atom stereocenters. The van der Waals surface area contributed by atoms with Crippen LogP contribution in [0.2, 0.25) is 10.0 Å². The van der Waals surface area contributed by atoms with Gasteiger partial charge in [-0.25, -0.2) is 0 Å². The number of fused-ring (bicyclic) bond motifs is 3. The minimum Gasteiger partial charge on any atom is -0.493 e. The van der Waals surface area contributed by atoms with Gasteiger partial charge in [-0.15, -0.1) is 0 Å². The number of nitrogens with one attached hydrogen (secondary N) is 1. The fourth-order valence-corrected chi connectivity index (χ4v) is 5.63. The van der Waals surface area contributed by atoms with Gasteiger partial charge in [-0.05, 0) is 72.1 Å². The Bertz CT molecular complexity index is 1420. The van der Waals surface area contributed by atoms with Crippen molar-refractivity contribution in [3.8, 4) is 11.5 Å². The van der Waals surface area contributed by atoms with Crippen molar-refractivity contribution in [2.24, 2.45) is 5.41 Å². The lowest BCUT2D eigenvalue weighted by atomic mass is 9.91. The molecule has 2 aliphatic heterocycles. The molecule has 1 saturated heterocycles. The Morgan fingerprint density at radius 2 is 1.62 bits per heavy atom. The van der Waals surface area contributed by atoms with Crippen molar-refractivity contribution in [3.05, 3.63) is 93.6 Å². The third-order valence-electron chi connectivity index (χ3n) is 7.46. The van der Waals surface area contributed by atoms with E-state index in [-0.39, 0.29) is 19.4 Å². The number of H-pyrrole nitrogens is 1. The summed E-state index contributed by atoms with van der Waals surface area (Å²) in [6, 6.07) is 21.5. The molecule has 4 aromatic rings. The van der Waals surface area contributed by atoms with E-state index in [1.54, 1.807) is 0 Å². The van der Waals surface area contributed by atoms with Gasteiger partial charge < -0.3 is 29.0 Å². The summed E-state index contributed by atoms with van der Waals surface area (Å²) in [5.74, 6) is 1.49. The normalized spacial score (nSPS) is 19.1. The van der Waals surface area contributed by atoms with Crippen molar-refractivity contribution in [2.75, 3.05) is 46.5 Å². The zero-order chi connectivity index (χ0) is 26.8. The van der Waals surface area contributed by atoms with E-state index >= 15 is 0 Å². The summed E-state index contributed by atoms with van der Waals surface area (Å²) in [6.45, 7) is 2.53. The van der Waals surface area contributed by atoms with Crippen LogP contribution in [0, 0.1) is 5.41 Å². The Labute approximate surface area is 237 Å². The first kappa shape index (κ1) is 26.4. The Kier molecular flexibility index (Phi) is 7.71. The molecule has 0 radical (unpaired) electrons. The first-order valence-electron chi connectivity index (χ1n) is 13.0. The van der Waals surface area contributed by atoms with Crippen LogP contribution >= 0.6 is 23.2 Å². The van der Waals surface area contributed by atoms with Gasteiger partial charge in [0.05, 0.1) is 31.3 Å². The number of aliphatic hydroxyl groups is 1. The summed E-state index contributed by atoms with van der Waals surface area (Å²) in [5.41, 5.74) is 4.05. The number of aromatic amines is 1. The van der Waals surface area contributed by atoms with Crippen LogP contribution in [0.1, 0.15) is 22.9 Å². The lowest BCUT2D eigenvalue weighted by Gasteiger charge is -2.36. The van der Waals surface area contributed by atoms with Crippen molar-refractivity contribution in [1.29, 1.82) is 0 Å². The van der Waals surface area contributed by atoms with E-state index in [4.69, 9.17) is 42.1 Å². The van der Waals surface area contributed by atoms with Crippen LogP contribution in [0.4, 0.5) is 0 Å². The highest BCUT2D eigenvalue weighted by Gasteiger charge is 2.35. The second-order valence-electron chi connectivity index (χ2n) is 10.2. The SMILES string of the molecule is OCC1(COc2ccc([C@H]3c4[nH]c5ccc(Cl)cc5c4CCN3COc3ccc(Cl)cc3)cc2)COCOC1. The predicted molar refractivity (Wildman–Crippen MR) is 151 cm³/mol. The summed E-state index contributed by atoms with van der Waals surface area (Å²) < 4.78 is 23.0. The van der Waals surface area contributed by atoms with Crippen LogP contribution in [-0.4, -0.2) is 61.5 Å². The average molecular weight is 569 g/mol. The van der Waals surface area contributed by atoms with Gasteiger partial charge in [-0.3, -0.25) is 4.90 Å². The van der Waals surface area contributed by atoms with Gasteiger partial charge in [-0.2, -0.15) is 0 Å². The summed E-state index contributed by atoms with van der Waals surface area (Å²) in [4.78, 5) is 5.98. The van der Waals surface area contributed by atoms with Crippen LogP contribution in [0.5, 0.6) is 11.5 Å². The Balaban J connectivity index is 1.27. The zero-order valence-electron chi connectivity index (χ0n) is 21.4. The molecule has 3 heterocycles. The summed E-state index contributed by atoms with van der Waals surface area (Å²) in [6.07, 6.45) is 0.880. The molecule has 0 saturated carbocycles. The first-order chi connectivity index (χ1) is 19.0. The van der Waals surface area contributed by atoms with Gasteiger partial charge in [0.25, 0.3) is 0 Å². The van der Waals surface area contributed by atoms with Crippen LogP contribution < -0.4 is 9.47 Å². The monoisotopic (exact) mass is 568 g/mol. The standard InChI is InChI=1S/C30H30Cl2N2O5/c31-21-3-8-24(9-4-21)39-18-34-12-11-25-26-13-22(32)5-10-27(26)33-28(25)29(34)20-1-6-23(7-2-20)38-17-30(14-35)15-36-19-37-16-30/h1-10,13,29,33,35H,11-12,14-19H2/t29-/m0/s1. The van der Waals surface area contributed by atoms with E-state index in [9.17, 15) is 5.11 Å². The molecule has 1 aromatic heterocycles. The minimum absolute atomic E-state index is 0.0507. The molecule has 1 atom stereocenters. The van der Waals surface area contributed by atoms with Gasteiger partial charge in [0, 0.05) is 33.2 Å². The topological polar surface area (TPSA) is 76.2 Å². The maximum atomic E-state index is 9.90. The predicted octanol–water partition coefficient (Wildman–Crippen LogP) is 5.82. The Morgan fingerprint density at radius 3 is 2.36 bits per heavy atom. The molecule has 6 rings (SSSR count). The lowest BCUT2D eigenvalue weighted by Crippen LogP contribution is -2.45. The van der Waals surface area contributed by atoms with Gasteiger partial charge in [0.15, 0.2) is 0 Å². The number of hydrogen-bond acceptors (Lipinski definition) is 6. The van der Waals surface area contributed by atoms with Crippen LogP contribution in [-0.2, 0) is 15.9 Å². The smallest absolute Gasteiger partial charge is 0.146 e. The quantitative estimate of drug-likeness (QED) is 0.279. The molecule has 2 aliphatic rings. The molecule has 9 heteroatoms. The number of rotatable bonds is 8. The van der Waals surface area contributed by atoms with Crippen molar-refractivity contribution in [1.82, 2.24) is 9.88 Å². The number of halogens is 2. The molecule has 1 fully saturated rings. The fourth-order valence-electron chi connectivity index (χ4n) is 5.34. The number of aliphatic hydroxyl groups excluding tert-OH is 1. The highest BCUT2D eigenvalue weighted by atomic mass is 35.5. The van der Waals surface area contributed by atoms with E-state index in [1.807, 2.05) is 54.6 Å². The third kappa shape index (κ3) is 5.61. The van der Waals surface area contributed by atoms with Gasteiger partial charge >= 0.3 is 0 Å². The second-order valence-corrected chi connectivity index (χ2v) is 11.1. The second kappa shape index (κ2) is 11.4. The van der Waals surface area contributed by atoms with Crippen molar-refractivity contribution < 1.29 is 24.1 Å². The zero-order valence-corrected chi connectivity index (χ0v) is 22.9. The summed E-state index contributed by atoms with van der Waals surface area (Å²) in [5, 5.41) is 12.5. The van der Waals surface area contributed by atoms with Crippen molar-refractivity contribution in [2.45, 2.75) is 12.5 Å². The molecule has 39 heavy (non-hydrogen) atoms. The summed E-state index contributed by atoms with van der Waals surface area (Å²) in [7, 11) is 0. The van der Waals surface area contributed by atoms with Gasteiger partial charge in [0.2, 0.25) is 0 Å². The number of nitrogens with zero attached hydrogens (tertiary/aromatic N) is 1. The molecule has 0 aliphatic carbocycles. The number of aromatic nitrogens is 1. The summed E-state index contributed by atoms with van der Waals surface area (Å²) >= 11 is 12.4. The Morgan fingerprint density at radius 1 is 0.923 bits per heavy atom. The molecule has 2 N–H and O–H groups in total. The maximum Gasteiger partial charge on any atom is 0.146 e. The molecular formula is C30H30Cl2N2O5. The largest absolute Gasteiger partial charge is 0.493 e. The fraction of sp³-hybridized carbons (Fsp3) is 0.333. The average Bonchev–Trinajstić information content (AvgIpc) is 3.34. The van der Waals surface area contributed by atoms with E-state index < -0.39 is 5.41 Å². The van der Waals surface area contributed by atoms with E-state index in [1.165, 1.54) is 5.56 Å². The molecule has 0 spiro atoms. The van der Waals surface area contributed by atoms with E-state index in [2.05, 4.69) is 22.0 Å². The van der Waals surface area contributed by atoms with Crippen molar-refractivity contribution >= 4 is 34.1 Å². The maximum absolute atomic E-state index is 9.90. The van der Waals surface area contributed by atoms with Crippen molar-refractivity contribution in [3.63, 3.8) is 0 Å². The highest BCUT2D eigenvalue weighted by molar-refractivity contribution is 6.31. The highest BCUT2D eigenvalue weighted by Crippen LogP contribution is 2.39. The third-order valence-corrected chi connectivity index (χ3v) is 7.95. The number of ether oxygens (including phenoxy) is 4. The van der Waals surface area contributed by atoms with Crippen LogP contribution in [0.3, 0.4) is 0 Å². The van der Waals surface area contributed by atoms with Crippen LogP contribution in [0.25, 0.3) is 10.9 Å². The molecule has 3 aromatic carbocycles. The van der Waals surface area contributed by atoms with E-state index in [0.717, 1.165) is 51.6 Å². The lowest BCUT2D eigenvalue weighted by molar-refractivity contribution is -0.184. The molecule has 204 valence electrons. The Hall–Kier alpha value is -2.78. The minimum atomic E-state index is -0.559. The molecule has 0 amide bonds. The van der Waals surface area contributed by atoms with E-state index in [0.29, 0.717) is 31.6 Å². The number of benzene rings is 3. The van der Waals surface area contributed by atoms with Gasteiger partial charge in [0.1, 0.15) is 31.6 Å². The van der Waals surface area contributed by atoms with Gasteiger partial charge in [-0.1, -0.05) is 35.3 Å². The van der Waals surface area contributed by atoms with Crippen LogP contribution in [0.15, 0.2) is 66.7 Å². The number of hydrogen-bond donors (Lipinski definition) is 2. The molecule has 0 bridgehead atoms.